The van der Waals surface area contributed by atoms with Crippen LogP contribution >= 0.6 is 11.6 Å². The second-order valence-electron chi connectivity index (χ2n) is 8.71. The Hall–Kier alpha value is -2.53. The minimum atomic E-state index is -0.211. The lowest BCUT2D eigenvalue weighted by atomic mass is 9.89. The topological polar surface area (TPSA) is 54.9 Å². The van der Waals surface area contributed by atoms with Crippen molar-refractivity contribution < 1.29 is 9.18 Å². The predicted molar refractivity (Wildman–Crippen MR) is 116 cm³/mol. The van der Waals surface area contributed by atoms with Gasteiger partial charge in [0.2, 0.25) is 5.91 Å². The number of nitrogens with zero attached hydrogens (tertiary/aromatic N) is 2. The largest absolute Gasteiger partial charge is 0.325 e. The molecule has 5 rings (SSSR count). The van der Waals surface area contributed by atoms with Gasteiger partial charge in [0.25, 0.3) is 0 Å². The van der Waals surface area contributed by atoms with Gasteiger partial charge >= 0.3 is 0 Å². The first-order chi connectivity index (χ1) is 14.5. The summed E-state index contributed by atoms with van der Waals surface area (Å²) < 4.78 is 13.8. The van der Waals surface area contributed by atoms with E-state index in [1.807, 2.05) is 6.20 Å². The van der Waals surface area contributed by atoms with Gasteiger partial charge in [-0.05, 0) is 91.3 Å². The van der Waals surface area contributed by atoms with Crippen LogP contribution in [0.2, 0.25) is 5.15 Å². The summed E-state index contributed by atoms with van der Waals surface area (Å²) in [6.07, 6.45) is 8.36. The Morgan fingerprint density at radius 3 is 2.60 bits per heavy atom. The van der Waals surface area contributed by atoms with Crippen molar-refractivity contribution in [3.63, 3.8) is 0 Å². The maximum atomic E-state index is 13.8. The van der Waals surface area contributed by atoms with Crippen molar-refractivity contribution in [1.82, 2.24) is 9.97 Å². The molecule has 2 fully saturated rings. The zero-order chi connectivity index (χ0) is 20.7. The molecule has 4 nitrogen and oxygen atoms in total. The fourth-order valence-corrected chi connectivity index (χ4v) is 5.69. The van der Waals surface area contributed by atoms with E-state index in [0.717, 1.165) is 36.6 Å². The van der Waals surface area contributed by atoms with Gasteiger partial charge in [0, 0.05) is 18.0 Å². The summed E-state index contributed by atoms with van der Waals surface area (Å²) in [5, 5.41) is 4.27. The molecule has 2 heterocycles. The van der Waals surface area contributed by atoms with E-state index in [9.17, 15) is 9.18 Å². The molecule has 154 valence electrons. The zero-order valence-corrected chi connectivity index (χ0v) is 17.3. The molecule has 4 atom stereocenters. The quantitative estimate of drug-likeness (QED) is 0.526. The van der Waals surface area contributed by atoms with Crippen LogP contribution in [0.5, 0.6) is 0 Å². The van der Waals surface area contributed by atoms with Gasteiger partial charge in [0.05, 0.1) is 17.4 Å². The van der Waals surface area contributed by atoms with Crippen molar-refractivity contribution >= 4 is 34.1 Å². The number of fused-ring (bicyclic) bond motifs is 2. The normalized spacial score (nSPS) is 25.4. The fraction of sp³-hybridized carbons (Fsp3) is 0.375. The molecule has 0 aliphatic heterocycles. The van der Waals surface area contributed by atoms with Crippen molar-refractivity contribution in [2.45, 2.75) is 38.0 Å². The van der Waals surface area contributed by atoms with Crippen molar-refractivity contribution in [2.24, 2.45) is 17.8 Å². The van der Waals surface area contributed by atoms with Gasteiger partial charge in [-0.1, -0.05) is 11.6 Å². The SMILES string of the molecule is O=C(C[C@H]1C[C@@H]2C[C@H](c3ccnc4ccc(F)cc34)C[C@@H]2C1)Nc1ccc(Cl)nc1. The number of carbonyl (C=O) groups is 1. The first kappa shape index (κ1) is 19.4. The van der Waals surface area contributed by atoms with E-state index in [1.165, 1.54) is 11.6 Å². The lowest BCUT2D eigenvalue weighted by molar-refractivity contribution is -0.117. The molecule has 2 aliphatic carbocycles. The van der Waals surface area contributed by atoms with Crippen LogP contribution in [-0.4, -0.2) is 15.9 Å². The first-order valence-electron chi connectivity index (χ1n) is 10.5. The number of halogens is 2. The highest BCUT2D eigenvalue weighted by molar-refractivity contribution is 6.29. The Bertz CT molecular complexity index is 1070. The van der Waals surface area contributed by atoms with Crippen molar-refractivity contribution in [3.8, 4) is 0 Å². The van der Waals surface area contributed by atoms with Gasteiger partial charge in [-0.25, -0.2) is 9.37 Å². The molecule has 1 amide bonds. The number of hydrogen-bond acceptors (Lipinski definition) is 3. The fourth-order valence-electron chi connectivity index (χ4n) is 5.58. The van der Waals surface area contributed by atoms with E-state index in [1.54, 1.807) is 30.5 Å². The molecule has 1 aromatic carbocycles. The standard InChI is InChI=1S/C24H23ClFN3O/c25-23-4-2-19(13-28-23)29-24(30)9-14-7-15-10-17(11-16(15)8-14)20-5-6-27-22-3-1-18(26)12-21(20)22/h1-6,12-17H,7-11H2,(H,29,30)/t14-,15+,16-,17-. The molecular weight excluding hydrogens is 401 g/mol. The molecule has 1 N–H and O–H groups in total. The van der Waals surface area contributed by atoms with E-state index >= 15 is 0 Å². The molecule has 3 aromatic rings. The Labute approximate surface area is 179 Å². The van der Waals surface area contributed by atoms with Crippen molar-refractivity contribution in [2.75, 3.05) is 5.32 Å². The second-order valence-corrected chi connectivity index (χ2v) is 9.10. The summed E-state index contributed by atoms with van der Waals surface area (Å²) in [5.74, 6) is 1.98. The van der Waals surface area contributed by atoms with Crippen LogP contribution in [0.25, 0.3) is 10.9 Å². The smallest absolute Gasteiger partial charge is 0.224 e. The van der Waals surface area contributed by atoms with Gasteiger partial charge in [-0.15, -0.1) is 0 Å². The lowest BCUT2D eigenvalue weighted by Gasteiger charge is -2.17. The van der Waals surface area contributed by atoms with E-state index in [4.69, 9.17) is 11.6 Å². The lowest BCUT2D eigenvalue weighted by Crippen LogP contribution is -2.16. The average Bonchev–Trinajstić information content (AvgIpc) is 3.27. The van der Waals surface area contributed by atoms with Crippen LogP contribution in [-0.2, 0) is 4.79 Å². The molecule has 0 spiro atoms. The third-order valence-electron chi connectivity index (χ3n) is 6.78. The maximum absolute atomic E-state index is 13.8. The molecule has 0 saturated heterocycles. The van der Waals surface area contributed by atoms with Crippen LogP contribution in [0.3, 0.4) is 0 Å². The molecule has 2 aliphatic rings. The summed E-state index contributed by atoms with van der Waals surface area (Å²) in [7, 11) is 0. The Balaban J connectivity index is 1.21. The number of benzene rings is 1. The first-order valence-corrected chi connectivity index (χ1v) is 10.9. The van der Waals surface area contributed by atoms with Crippen LogP contribution in [0, 0.1) is 23.6 Å². The Morgan fingerprint density at radius 1 is 1.07 bits per heavy atom. The van der Waals surface area contributed by atoms with Crippen molar-refractivity contribution in [3.05, 3.63) is 65.3 Å². The summed E-state index contributed by atoms with van der Waals surface area (Å²) in [6, 6.07) is 10.3. The molecule has 0 unspecified atom stereocenters. The zero-order valence-electron chi connectivity index (χ0n) is 16.5. The summed E-state index contributed by atoms with van der Waals surface area (Å²) in [6.45, 7) is 0. The molecule has 2 saturated carbocycles. The third kappa shape index (κ3) is 3.91. The number of aromatic nitrogens is 2. The molecule has 0 bridgehead atoms. The van der Waals surface area contributed by atoms with Gasteiger partial charge in [-0.3, -0.25) is 9.78 Å². The minimum absolute atomic E-state index is 0.0382. The average molecular weight is 424 g/mol. The number of rotatable bonds is 4. The number of hydrogen-bond donors (Lipinski definition) is 1. The van der Waals surface area contributed by atoms with Crippen LogP contribution in [0.15, 0.2) is 48.8 Å². The number of amides is 1. The molecule has 2 aromatic heterocycles. The van der Waals surface area contributed by atoms with Crippen LogP contribution < -0.4 is 5.32 Å². The number of nitrogens with one attached hydrogen (secondary N) is 1. The summed E-state index contributed by atoms with van der Waals surface area (Å²) in [4.78, 5) is 20.8. The molecular formula is C24H23ClFN3O. The summed E-state index contributed by atoms with van der Waals surface area (Å²) >= 11 is 5.79. The van der Waals surface area contributed by atoms with E-state index in [2.05, 4.69) is 21.4 Å². The summed E-state index contributed by atoms with van der Waals surface area (Å²) in [5.41, 5.74) is 2.76. The highest BCUT2D eigenvalue weighted by atomic mass is 35.5. The molecule has 0 radical (unpaired) electrons. The molecule has 6 heteroatoms. The monoisotopic (exact) mass is 423 g/mol. The van der Waals surface area contributed by atoms with E-state index in [-0.39, 0.29) is 11.7 Å². The van der Waals surface area contributed by atoms with E-state index < -0.39 is 0 Å². The van der Waals surface area contributed by atoms with E-state index in [0.29, 0.717) is 40.9 Å². The Kier molecular flexibility index (Phi) is 5.15. The third-order valence-corrected chi connectivity index (χ3v) is 7.00. The Morgan fingerprint density at radius 2 is 1.87 bits per heavy atom. The van der Waals surface area contributed by atoms with Gasteiger partial charge in [0.1, 0.15) is 11.0 Å². The van der Waals surface area contributed by atoms with Crippen LogP contribution in [0.4, 0.5) is 10.1 Å². The maximum Gasteiger partial charge on any atom is 0.224 e. The predicted octanol–water partition coefficient (Wildman–Crippen LogP) is 5.97. The number of anilines is 1. The van der Waals surface area contributed by atoms with Crippen LogP contribution in [0.1, 0.15) is 43.6 Å². The number of pyridine rings is 2. The van der Waals surface area contributed by atoms with Gasteiger partial charge in [0.15, 0.2) is 0 Å². The minimum Gasteiger partial charge on any atom is -0.325 e. The molecule has 30 heavy (non-hydrogen) atoms. The number of carbonyl (C=O) groups excluding carboxylic acids is 1. The van der Waals surface area contributed by atoms with Crippen molar-refractivity contribution in [1.29, 1.82) is 0 Å². The van der Waals surface area contributed by atoms with Gasteiger partial charge < -0.3 is 5.32 Å². The highest BCUT2D eigenvalue weighted by Crippen LogP contribution is 2.53. The second kappa shape index (κ2) is 7.95. The van der Waals surface area contributed by atoms with Gasteiger partial charge in [-0.2, -0.15) is 0 Å². The highest BCUT2D eigenvalue weighted by Gasteiger charge is 2.42.